The van der Waals surface area contributed by atoms with Crippen molar-refractivity contribution in [3.63, 3.8) is 0 Å². The molecule has 100 valence electrons. The summed E-state index contributed by atoms with van der Waals surface area (Å²) in [7, 11) is 0. The molecule has 1 heterocycles. The number of benzene rings is 1. The highest BCUT2D eigenvalue weighted by atomic mass is 16.5. The molecule has 1 N–H and O–H groups in total. The molecular weight excluding hydrogens is 222 g/mol. The van der Waals surface area contributed by atoms with Crippen LogP contribution in [0.3, 0.4) is 0 Å². The van der Waals surface area contributed by atoms with E-state index in [9.17, 15) is 0 Å². The van der Waals surface area contributed by atoms with Crippen molar-refractivity contribution in [2.75, 3.05) is 13.2 Å². The van der Waals surface area contributed by atoms with Crippen LogP contribution in [0.1, 0.15) is 44.9 Å². The molecule has 18 heavy (non-hydrogen) atoms. The van der Waals surface area contributed by atoms with Gasteiger partial charge in [0, 0.05) is 0 Å². The molecule has 0 bridgehead atoms. The number of fused-ring (bicyclic) bond motifs is 1. The van der Waals surface area contributed by atoms with Crippen LogP contribution in [0.5, 0.6) is 0 Å². The smallest absolute Gasteiger partial charge is 0.0721 e. The van der Waals surface area contributed by atoms with Gasteiger partial charge in [0.1, 0.15) is 0 Å². The van der Waals surface area contributed by atoms with E-state index in [-0.39, 0.29) is 0 Å². The standard InChI is InChI=1S/C16H25NO/c1-12(16(2,3)4)9-17-15-11-18-10-13-7-5-6-8-14(13)15/h5-8,12,15,17H,9-11H2,1-4H3. The van der Waals surface area contributed by atoms with Crippen LogP contribution in [0, 0.1) is 11.3 Å². The molecule has 0 fully saturated rings. The summed E-state index contributed by atoms with van der Waals surface area (Å²) in [5.41, 5.74) is 3.08. The van der Waals surface area contributed by atoms with Gasteiger partial charge in [0.05, 0.1) is 19.3 Å². The van der Waals surface area contributed by atoms with Gasteiger partial charge in [0.25, 0.3) is 0 Å². The molecular formula is C16H25NO. The topological polar surface area (TPSA) is 21.3 Å². The second kappa shape index (κ2) is 5.41. The van der Waals surface area contributed by atoms with Gasteiger partial charge in [-0.2, -0.15) is 0 Å². The zero-order chi connectivity index (χ0) is 13.2. The summed E-state index contributed by atoms with van der Waals surface area (Å²) < 4.78 is 5.66. The molecule has 1 aliphatic heterocycles. The minimum absolute atomic E-state index is 0.347. The molecule has 0 aliphatic carbocycles. The van der Waals surface area contributed by atoms with Gasteiger partial charge in [-0.15, -0.1) is 0 Å². The maximum Gasteiger partial charge on any atom is 0.0721 e. The lowest BCUT2D eigenvalue weighted by Crippen LogP contribution is -2.36. The van der Waals surface area contributed by atoms with Crippen LogP contribution in [0.4, 0.5) is 0 Å². The lowest BCUT2D eigenvalue weighted by molar-refractivity contribution is 0.0787. The van der Waals surface area contributed by atoms with Crippen molar-refractivity contribution in [3.05, 3.63) is 35.4 Å². The van der Waals surface area contributed by atoms with Gasteiger partial charge < -0.3 is 10.1 Å². The lowest BCUT2D eigenvalue weighted by Gasteiger charge is -2.32. The summed E-state index contributed by atoms with van der Waals surface area (Å²) in [5, 5.41) is 3.66. The third-order valence-electron chi connectivity index (χ3n) is 4.12. The van der Waals surface area contributed by atoms with Crippen LogP contribution in [-0.4, -0.2) is 13.2 Å². The normalized spacial score (nSPS) is 21.4. The van der Waals surface area contributed by atoms with Crippen molar-refractivity contribution >= 4 is 0 Å². The molecule has 1 aromatic rings. The van der Waals surface area contributed by atoms with Crippen molar-refractivity contribution < 1.29 is 4.74 Å². The summed E-state index contributed by atoms with van der Waals surface area (Å²) >= 11 is 0. The zero-order valence-corrected chi connectivity index (χ0v) is 12.0. The molecule has 0 spiro atoms. The van der Waals surface area contributed by atoms with E-state index < -0.39 is 0 Å². The molecule has 2 rings (SSSR count). The highest BCUT2D eigenvalue weighted by Gasteiger charge is 2.24. The highest BCUT2D eigenvalue weighted by Crippen LogP contribution is 2.27. The fourth-order valence-electron chi connectivity index (χ4n) is 2.18. The Morgan fingerprint density at radius 1 is 1.33 bits per heavy atom. The van der Waals surface area contributed by atoms with E-state index in [1.54, 1.807) is 0 Å². The summed E-state index contributed by atoms with van der Waals surface area (Å²) in [5.74, 6) is 0.645. The molecule has 2 atom stereocenters. The van der Waals surface area contributed by atoms with Gasteiger partial charge in [0.15, 0.2) is 0 Å². The monoisotopic (exact) mass is 247 g/mol. The Hall–Kier alpha value is -0.860. The average Bonchev–Trinajstić information content (AvgIpc) is 2.34. The molecule has 1 aliphatic rings. The van der Waals surface area contributed by atoms with E-state index in [1.807, 2.05) is 0 Å². The number of hydrogen-bond acceptors (Lipinski definition) is 2. The molecule has 2 nitrogen and oxygen atoms in total. The molecule has 0 saturated heterocycles. The van der Waals surface area contributed by atoms with Gasteiger partial charge in [0.2, 0.25) is 0 Å². The van der Waals surface area contributed by atoms with Crippen LogP contribution in [0.15, 0.2) is 24.3 Å². The summed E-state index contributed by atoms with van der Waals surface area (Å²) in [4.78, 5) is 0. The largest absolute Gasteiger partial charge is 0.375 e. The van der Waals surface area contributed by atoms with E-state index in [0.717, 1.165) is 19.8 Å². The van der Waals surface area contributed by atoms with E-state index in [4.69, 9.17) is 4.74 Å². The first-order chi connectivity index (χ1) is 8.48. The minimum Gasteiger partial charge on any atom is -0.375 e. The third-order valence-corrected chi connectivity index (χ3v) is 4.12. The van der Waals surface area contributed by atoms with E-state index in [0.29, 0.717) is 17.4 Å². The first-order valence-corrected chi connectivity index (χ1v) is 6.87. The molecule has 0 radical (unpaired) electrons. The molecule has 2 heteroatoms. The summed E-state index contributed by atoms with van der Waals surface area (Å²) in [6.07, 6.45) is 0. The Morgan fingerprint density at radius 2 is 2.06 bits per heavy atom. The minimum atomic E-state index is 0.347. The number of nitrogens with one attached hydrogen (secondary N) is 1. The first kappa shape index (κ1) is 13.6. The second-order valence-electron chi connectivity index (χ2n) is 6.44. The van der Waals surface area contributed by atoms with Gasteiger partial charge in [-0.05, 0) is 29.0 Å². The number of hydrogen-bond donors (Lipinski definition) is 1. The SMILES string of the molecule is CC(CNC1COCc2ccccc21)C(C)(C)C. The number of rotatable bonds is 3. The Morgan fingerprint density at radius 3 is 2.78 bits per heavy atom. The Labute approximate surface area is 111 Å². The maximum atomic E-state index is 5.66. The van der Waals surface area contributed by atoms with Crippen LogP contribution >= 0.6 is 0 Å². The van der Waals surface area contributed by atoms with E-state index >= 15 is 0 Å². The summed E-state index contributed by atoms with van der Waals surface area (Å²) in [6.45, 7) is 11.8. The quantitative estimate of drug-likeness (QED) is 0.882. The van der Waals surface area contributed by atoms with Crippen LogP contribution in [-0.2, 0) is 11.3 Å². The predicted molar refractivity (Wildman–Crippen MR) is 75.5 cm³/mol. The van der Waals surface area contributed by atoms with Crippen LogP contribution < -0.4 is 5.32 Å². The Bertz CT molecular complexity index is 394. The zero-order valence-electron chi connectivity index (χ0n) is 12.0. The van der Waals surface area contributed by atoms with Crippen molar-refractivity contribution in [1.29, 1.82) is 0 Å². The van der Waals surface area contributed by atoms with Gasteiger partial charge in [-0.3, -0.25) is 0 Å². The Balaban J connectivity index is 2.00. The van der Waals surface area contributed by atoms with Crippen molar-refractivity contribution in [2.24, 2.45) is 11.3 Å². The van der Waals surface area contributed by atoms with Gasteiger partial charge >= 0.3 is 0 Å². The molecule has 0 amide bonds. The fourth-order valence-corrected chi connectivity index (χ4v) is 2.18. The molecule has 1 aromatic carbocycles. The van der Waals surface area contributed by atoms with Crippen LogP contribution in [0.2, 0.25) is 0 Å². The lowest BCUT2D eigenvalue weighted by atomic mass is 9.82. The van der Waals surface area contributed by atoms with E-state index in [2.05, 4.69) is 57.3 Å². The van der Waals surface area contributed by atoms with Gasteiger partial charge in [-0.25, -0.2) is 0 Å². The number of ether oxygens (including phenoxy) is 1. The summed E-state index contributed by atoms with van der Waals surface area (Å²) in [6, 6.07) is 8.93. The molecule has 0 saturated carbocycles. The highest BCUT2D eigenvalue weighted by molar-refractivity contribution is 5.31. The predicted octanol–water partition coefficient (Wildman–Crippen LogP) is 3.53. The van der Waals surface area contributed by atoms with Crippen LogP contribution in [0.25, 0.3) is 0 Å². The third kappa shape index (κ3) is 3.12. The molecule has 0 aromatic heterocycles. The van der Waals surface area contributed by atoms with E-state index in [1.165, 1.54) is 11.1 Å². The first-order valence-electron chi connectivity index (χ1n) is 6.87. The van der Waals surface area contributed by atoms with Crippen molar-refractivity contribution in [3.8, 4) is 0 Å². The Kier molecular flexibility index (Phi) is 4.08. The fraction of sp³-hybridized carbons (Fsp3) is 0.625. The molecule has 2 unspecified atom stereocenters. The second-order valence-corrected chi connectivity index (χ2v) is 6.44. The van der Waals surface area contributed by atoms with Crippen molar-refractivity contribution in [2.45, 2.75) is 40.3 Å². The van der Waals surface area contributed by atoms with Crippen molar-refractivity contribution in [1.82, 2.24) is 5.32 Å². The maximum absolute atomic E-state index is 5.66. The van der Waals surface area contributed by atoms with Gasteiger partial charge in [-0.1, -0.05) is 52.0 Å². The average molecular weight is 247 g/mol.